The van der Waals surface area contributed by atoms with Crippen molar-refractivity contribution in [3.8, 4) is 33.8 Å². The van der Waals surface area contributed by atoms with E-state index in [0.29, 0.717) is 5.56 Å². The number of carbonyl (C=O) groups is 1. The van der Waals surface area contributed by atoms with Crippen LogP contribution < -0.4 is 4.74 Å². The van der Waals surface area contributed by atoms with Gasteiger partial charge in [0, 0.05) is 11.1 Å². The molecule has 0 radical (unpaired) electrons. The van der Waals surface area contributed by atoms with Crippen molar-refractivity contribution in [3.63, 3.8) is 0 Å². The standard InChI is InChI=1S/C14H10O3/c1-17-9-2-3-10-11(6-9)12-4-8(7-15)5-13(16)14(10)12/h2-7,16H,1H3. The van der Waals surface area contributed by atoms with Crippen LogP contribution in [0.15, 0.2) is 30.3 Å². The van der Waals surface area contributed by atoms with Gasteiger partial charge in [-0.1, -0.05) is 0 Å². The van der Waals surface area contributed by atoms with Crippen molar-refractivity contribution in [3.05, 3.63) is 35.9 Å². The second-order valence-corrected chi connectivity index (χ2v) is 3.99. The molecule has 0 aliphatic heterocycles. The zero-order valence-electron chi connectivity index (χ0n) is 9.23. The first kappa shape index (κ1) is 9.90. The first-order valence-corrected chi connectivity index (χ1v) is 5.25. The Balaban J connectivity index is 2.21. The van der Waals surface area contributed by atoms with Crippen LogP contribution >= 0.6 is 0 Å². The number of rotatable bonds is 2. The van der Waals surface area contributed by atoms with Crippen molar-refractivity contribution in [2.24, 2.45) is 0 Å². The van der Waals surface area contributed by atoms with Gasteiger partial charge in [-0.25, -0.2) is 0 Å². The number of phenolic OH excluding ortho intramolecular Hbond substituents is 1. The van der Waals surface area contributed by atoms with E-state index >= 15 is 0 Å². The number of methoxy groups -OCH3 is 1. The van der Waals surface area contributed by atoms with E-state index in [-0.39, 0.29) is 5.75 Å². The topological polar surface area (TPSA) is 46.5 Å². The van der Waals surface area contributed by atoms with E-state index in [1.807, 2.05) is 18.2 Å². The Morgan fingerprint density at radius 1 is 1.12 bits per heavy atom. The fraction of sp³-hybridized carbons (Fsp3) is 0.0714. The van der Waals surface area contributed by atoms with Gasteiger partial charge in [0.15, 0.2) is 0 Å². The number of carbonyl (C=O) groups excluding carboxylic acids is 1. The first-order chi connectivity index (χ1) is 8.24. The zero-order chi connectivity index (χ0) is 12.0. The SMILES string of the molecule is COc1ccc2c(c1)-c1cc(C=O)cc(O)c1-2. The fourth-order valence-corrected chi connectivity index (χ4v) is 2.24. The molecule has 0 atom stereocenters. The van der Waals surface area contributed by atoms with Gasteiger partial charge in [0.05, 0.1) is 7.11 Å². The maximum atomic E-state index is 10.7. The molecule has 0 heterocycles. The van der Waals surface area contributed by atoms with Gasteiger partial charge in [-0.3, -0.25) is 4.79 Å². The van der Waals surface area contributed by atoms with Crippen LogP contribution in [0.1, 0.15) is 10.4 Å². The number of benzene rings is 2. The average molecular weight is 226 g/mol. The molecule has 0 aromatic heterocycles. The number of aromatic hydroxyl groups is 1. The summed E-state index contributed by atoms with van der Waals surface area (Å²) in [5.74, 6) is 0.924. The average Bonchev–Trinajstić information content (AvgIpc) is 2.34. The van der Waals surface area contributed by atoms with Crippen LogP contribution in [-0.2, 0) is 0 Å². The molecule has 2 aromatic rings. The summed E-state index contributed by atoms with van der Waals surface area (Å²) in [6, 6.07) is 8.94. The van der Waals surface area contributed by atoms with Crippen molar-refractivity contribution in [2.75, 3.05) is 7.11 Å². The summed E-state index contributed by atoms with van der Waals surface area (Å²) in [4.78, 5) is 10.7. The van der Waals surface area contributed by atoms with Gasteiger partial charge in [0.2, 0.25) is 0 Å². The Hall–Kier alpha value is -2.29. The van der Waals surface area contributed by atoms with Gasteiger partial charge in [0.1, 0.15) is 17.8 Å². The first-order valence-electron chi connectivity index (χ1n) is 5.25. The third-order valence-corrected chi connectivity index (χ3v) is 3.06. The highest BCUT2D eigenvalue weighted by molar-refractivity contribution is 6.06. The molecule has 0 saturated heterocycles. The van der Waals surface area contributed by atoms with Crippen molar-refractivity contribution in [1.29, 1.82) is 0 Å². The molecule has 3 rings (SSSR count). The van der Waals surface area contributed by atoms with E-state index in [1.165, 1.54) is 6.07 Å². The van der Waals surface area contributed by atoms with Crippen LogP contribution in [0.25, 0.3) is 22.3 Å². The molecule has 0 fully saturated rings. The maximum Gasteiger partial charge on any atom is 0.150 e. The lowest BCUT2D eigenvalue weighted by Crippen LogP contribution is -2.01. The lowest BCUT2D eigenvalue weighted by atomic mass is 9.79. The predicted molar refractivity (Wildman–Crippen MR) is 64.5 cm³/mol. The molecule has 2 aromatic carbocycles. The molecule has 0 amide bonds. The minimum atomic E-state index is 0.155. The molecule has 0 spiro atoms. The van der Waals surface area contributed by atoms with Gasteiger partial charge >= 0.3 is 0 Å². The van der Waals surface area contributed by atoms with Crippen molar-refractivity contribution >= 4 is 6.29 Å². The van der Waals surface area contributed by atoms with Crippen LogP contribution in [0.5, 0.6) is 11.5 Å². The minimum Gasteiger partial charge on any atom is -0.507 e. The molecule has 0 saturated carbocycles. The highest BCUT2D eigenvalue weighted by Crippen LogP contribution is 2.52. The molecule has 3 heteroatoms. The minimum absolute atomic E-state index is 0.155. The van der Waals surface area contributed by atoms with E-state index in [4.69, 9.17) is 4.74 Å². The molecule has 84 valence electrons. The van der Waals surface area contributed by atoms with E-state index in [1.54, 1.807) is 13.2 Å². The predicted octanol–water partition coefficient (Wildman–Crippen LogP) is 2.86. The molecule has 1 aliphatic carbocycles. The summed E-state index contributed by atoms with van der Waals surface area (Å²) < 4.78 is 5.15. The fourth-order valence-electron chi connectivity index (χ4n) is 2.24. The Bertz CT molecular complexity index is 630. The molecule has 0 unspecified atom stereocenters. The van der Waals surface area contributed by atoms with Crippen LogP contribution in [-0.4, -0.2) is 18.5 Å². The van der Waals surface area contributed by atoms with Crippen molar-refractivity contribution in [1.82, 2.24) is 0 Å². The number of ether oxygens (including phenoxy) is 1. The molecule has 0 bridgehead atoms. The van der Waals surface area contributed by atoms with E-state index in [2.05, 4.69) is 0 Å². The van der Waals surface area contributed by atoms with E-state index < -0.39 is 0 Å². The number of fused-ring (bicyclic) bond motifs is 4. The Morgan fingerprint density at radius 3 is 2.65 bits per heavy atom. The molecular weight excluding hydrogens is 216 g/mol. The van der Waals surface area contributed by atoms with Crippen LogP contribution in [0, 0.1) is 0 Å². The van der Waals surface area contributed by atoms with Crippen molar-refractivity contribution < 1.29 is 14.6 Å². The van der Waals surface area contributed by atoms with Gasteiger partial charge in [-0.15, -0.1) is 0 Å². The lowest BCUT2D eigenvalue weighted by Gasteiger charge is -2.25. The van der Waals surface area contributed by atoms with Crippen molar-refractivity contribution in [2.45, 2.75) is 0 Å². The quantitative estimate of drug-likeness (QED) is 0.683. The smallest absolute Gasteiger partial charge is 0.150 e. The summed E-state index contributed by atoms with van der Waals surface area (Å²) in [5, 5.41) is 9.85. The molecular formula is C14H10O3. The Kier molecular flexibility index (Phi) is 1.95. The Morgan fingerprint density at radius 2 is 1.94 bits per heavy atom. The number of hydrogen-bond donors (Lipinski definition) is 1. The largest absolute Gasteiger partial charge is 0.507 e. The lowest BCUT2D eigenvalue weighted by molar-refractivity contribution is 0.112. The maximum absolute atomic E-state index is 10.7. The van der Waals surface area contributed by atoms with Crippen LogP contribution in [0.4, 0.5) is 0 Å². The monoisotopic (exact) mass is 226 g/mol. The summed E-state index contributed by atoms with van der Waals surface area (Å²) in [5.41, 5.74) is 4.21. The molecule has 3 nitrogen and oxygen atoms in total. The third kappa shape index (κ3) is 1.25. The van der Waals surface area contributed by atoms with Gasteiger partial charge in [-0.05, 0) is 47.0 Å². The van der Waals surface area contributed by atoms with Crippen LogP contribution in [0.3, 0.4) is 0 Å². The molecule has 1 aliphatic rings. The molecule has 1 N–H and O–H groups in total. The van der Waals surface area contributed by atoms with E-state index in [9.17, 15) is 9.90 Å². The van der Waals surface area contributed by atoms with Crippen LogP contribution in [0.2, 0.25) is 0 Å². The highest BCUT2D eigenvalue weighted by Gasteiger charge is 2.26. The summed E-state index contributed by atoms with van der Waals surface area (Å²) in [7, 11) is 1.61. The van der Waals surface area contributed by atoms with Gasteiger partial charge < -0.3 is 9.84 Å². The number of aldehydes is 1. The number of hydrogen-bond acceptors (Lipinski definition) is 3. The summed E-state index contributed by atoms with van der Waals surface area (Å²) >= 11 is 0. The normalized spacial score (nSPS) is 11.1. The summed E-state index contributed by atoms with van der Waals surface area (Å²) in [6.07, 6.45) is 0.734. The summed E-state index contributed by atoms with van der Waals surface area (Å²) in [6.45, 7) is 0. The third-order valence-electron chi connectivity index (χ3n) is 3.06. The number of phenols is 1. The van der Waals surface area contributed by atoms with Gasteiger partial charge in [0.25, 0.3) is 0 Å². The van der Waals surface area contributed by atoms with E-state index in [0.717, 1.165) is 34.3 Å². The highest BCUT2D eigenvalue weighted by atomic mass is 16.5. The second kappa shape index (κ2) is 3.35. The molecule has 17 heavy (non-hydrogen) atoms. The Labute approximate surface area is 98.3 Å². The van der Waals surface area contributed by atoms with Gasteiger partial charge in [-0.2, -0.15) is 0 Å². The zero-order valence-corrected chi connectivity index (χ0v) is 9.23. The second-order valence-electron chi connectivity index (χ2n) is 3.99.